The number of pyridine rings is 2. The maximum Gasteiger partial charge on any atom is 0.128 e. The number of benzene rings is 5. The van der Waals surface area contributed by atoms with Crippen LogP contribution in [0.3, 0.4) is 0 Å². The zero-order valence-corrected chi connectivity index (χ0v) is 34.7. The van der Waals surface area contributed by atoms with Gasteiger partial charge in [-0.05, 0) is 57.2 Å². The molecule has 0 atom stereocenters. The van der Waals surface area contributed by atoms with E-state index in [9.17, 15) is 4.39 Å². The Morgan fingerprint density at radius 1 is 0.698 bits per heavy atom. The first-order chi connectivity index (χ1) is 24.9. The number of halogens is 1. The number of aromatic nitrogens is 2. The fraction of sp³-hybridized carbons (Fsp3) is 0.191. The van der Waals surface area contributed by atoms with Crippen molar-refractivity contribution in [3.63, 3.8) is 0 Å². The van der Waals surface area contributed by atoms with E-state index in [1.807, 2.05) is 24.5 Å². The molecule has 0 unspecified atom stereocenters. The minimum Gasteiger partial charge on any atom is -0.500 e. The third-order valence-corrected chi connectivity index (χ3v) is 11.4. The summed E-state index contributed by atoms with van der Waals surface area (Å²) in [5.74, 6) is -0.255. The Balaban J connectivity index is 0.000000226. The van der Waals surface area contributed by atoms with Crippen LogP contribution in [-0.4, -0.2) is 18.0 Å². The maximum atomic E-state index is 13.1. The molecule has 3 heterocycles. The summed E-state index contributed by atoms with van der Waals surface area (Å²) >= 11 is 0. The molecule has 0 saturated heterocycles. The molecule has 5 aromatic carbocycles. The van der Waals surface area contributed by atoms with Crippen LogP contribution in [0.2, 0.25) is 19.6 Å². The smallest absolute Gasteiger partial charge is 0.128 e. The van der Waals surface area contributed by atoms with E-state index in [4.69, 9.17) is 9.40 Å². The van der Waals surface area contributed by atoms with Crippen LogP contribution < -0.4 is 5.19 Å². The average molecular weight is 891 g/mol. The van der Waals surface area contributed by atoms with Gasteiger partial charge in [-0.25, -0.2) is 4.39 Å². The summed E-state index contributed by atoms with van der Waals surface area (Å²) < 4.78 is 19.8. The number of nitrogens with zero attached hydrogens (tertiary/aromatic N) is 2. The first kappa shape index (κ1) is 38.0. The molecule has 0 N–H and O–H groups in total. The maximum absolute atomic E-state index is 13.1. The van der Waals surface area contributed by atoms with Crippen LogP contribution in [0.5, 0.6) is 0 Å². The number of rotatable bonds is 5. The van der Waals surface area contributed by atoms with E-state index in [0.717, 1.165) is 50.9 Å². The van der Waals surface area contributed by atoms with E-state index in [-0.39, 0.29) is 31.3 Å². The van der Waals surface area contributed by atoms with Crippen molar-refractivity contribution in [3.05, 3.63) is 151 Å². The van der Waals surface area contributed by atoms with Crippen molar-refractivity contribution in [1.82, 2.24) is 9.97 Å². The predicted octanol–water partition coefficient (Wildman–Crippen LogP) is 12.4. The zero-order chi connectivity index (χ0) is 36.6. The normalized spacial score (nSPS) is 11.7. The molecule has 3 nitrogen and oxygen atoms in total. The van der Waals surface area contributed by atoms with Gasteiger partial charge in [0.05, 0.1) is 13.7 Å². The van der Waals surface area contributed by atoms with Crippen molar-refractivity contribution in [2.24, 2.45) is 5.41 Å². The molecule has 269 valence electrons. The van der Waals surface area contributed by atoms with Gasteiger partial charge >= 0.3 is 0 Å². The Kier molecular flexibility index (Phi) is 11.0. The summed E-state index contributed by atoms with van der Waals surface area (Å²) in [6.45, 7) is 15.8. The summed E-state index contributed by atoms with van der Waals surface area (Å²) in [6.07, 6.45) is 4.88. The van der Waals surface area contributed by atoms with Crippen LogP contribution in [0, 0.1) is 30.3 Å². The number of aryl methyl sites for hydroxylation is 1. The summed E-state index contributed by atoms with van der Waals surface area (Å²) in [5.41, 5.74) is 10.1. The molecule has 8 rings (SSSR count). The molecule has 0 fully saturated rings. The molecule has 0 aliphatic rings. The minimum absolute atomic E-state index is 0. The van der Waals surface area contributed by atoms with Gasteiger partial charge in [-0.1, -0.05) is 136 Å². The predicted molar refractivity (Wildman–Crippen MR) is 218 cm³/mol. The Hall–Kier alpha value is -4.74. The summed E-state index contributed by atoms with van der Waals surface area (Å²) in [7, 11) is -1.31. The van der Waals surface area contributed by atoms with Gasteiger partial charge in [-0.2, -0.15) is 0 Å². The van der Waals surface area contributed by atoms with E-state index in [2.05, 4.69) is 143 Å². The summed E-state index contributed by atoms with van der Waals surface area (Å²) in [6, 6.07) is 42.6. The van der Waals surface area contributed by atoms with Crippen molar-refractivity contribution in [3.8, 4) is 33.6 Å². The Morgan fingerprint density at radius 2 is 1.38 bits per heavy atom. The Labute approximate surface area is 326 Å². The molecule has 0 aliphatic carbocycles. The second-order valence-electron chi connectivity index (χ2n) is 15.7. The zero-order valence-electron chi connectivity index (χ0n) is 31.3. The molecule has 0 spiro atoms. The minimum atomic E-state index is -1.31. The van der Waals surface area contributed by atoms with E-state index in [1.54, 1.807) is 6.07 Å². The molecule has 1 radical (unpaired) electrons. The number of para-hydroxylation sites is 1. The van der Waals surface area contributed by atoms with E-state index in [1.165, 1.54) is 44.8 Å². The third kappa shape index (κ3) is 8.26. The molecule has 53 heavy (non-hydrogen) atoms. The first-order valence-corrected chi connectivity index (χ1v) is 21.3. The van der Waals surface area contributed by atoms with Crippen molar-refractivity contribution < 1.29 is 28.9 Å². The van der Waals surface area contributed by atoms with Crippen LogP contribution >= 0.6 is 0 Å². The van der Waals surface area contributed by atoms with Crippen molar-refractivity contribution in [2.45, 2.75) is 53.8 Å². The standard InChI is InChI=1S/C33H28NO.C14H15FNSi.Ir/c1-21-20-34-30(18-23(21)19-33(2,3)4)29-17-9-16-28-27-15-8-14-26(31(27)35-32(28)29)25-13-7-11-22-10-5-6-12-24(22)25;1-17(2,3)13-7-8-14(16-10-13)11-5-4-6-12(15)9-11;/h5-16,18,20H,19H2,1-4H3;4,6-10H,1-3H3;/q2*-1;. The van der Waals surface area contributed by atoms with Crippen LogP contribution in [0.1, 0.15) is 31.9 Å². The molecule has 3 aromatic heterocycles. The van der Waals surface area contributed by atoms with E-state index < -0.39 is 8.07 Å². The number of fused-ring (bicyclic) bond motifs is 4. The molecule has 0 aliphatic heterocycles. The molecule has 0 amide bonds. The second-order valence-corrected chi connectivity index (χ2v) is 20.8. The summed E-state index contributed by atoms with van der Waals surface area (Å²) in [4.78, 5) is 9.18. The first-order valence-electron chi connectivity index (χ1n) is 17.8. The topological polar surface area (TPSA) is 38.9 Å². The number of hydrogen-bond donors (Lipinski definition) is 0. The fourth-order valence-corrected chi connectivity index (χ4v) is 7.71. The number of hydrogen-bond acceptors (Lipinski definition) is 3. The van der Waals surface area contributed by atoms with Crippen LogP contribution in [0.25, 0.3) is 66.4 Å². The van der Waals surface area contributed by atoms with Gasteiger partial charge in [0.25, 0.3) is 0 Å². The molecule has 0 bridgehead atoms. The van der Waals surface area contributed by atoms with Gasteiger partial charge in [0.2, 0.25) is 0 Å². The number of furan rings is 1. The van der Waals surface area contributed by atoms with Crippen LogP contribution in [-0.2, 0) is 26.5 Å². The quantitative estimate of drug-likeness (QED) is 0.128. The molecule has 6 heteroatoms. The Morgan fingerprint density at radius 3 is 2.11 bits per heavy atom. The van der Waals surface area contributed by atoms with Gasteiger partial charge in [0.15, 0.2) is 0 Å². The second kappa shape index (κ2) is 15.3. The molecule has 0 saturated carbocycles. The van der Waals surface area contributed by atoms with Crippen LogP contribution in [0.15, 0.2) is 126 Å². The molecular formula is C47H43FIrN2OSi-2. The molecule has 8 aromatic rings. The van der Waals surface area contributed by atoms with Crippen molar-refractivity contribution in [1.29, 1.82) is 0 Å². The van der Waals surface area contributed by atoms with Gasteiger partial charge in [-0.3, -0.25) is 0 Å². The fourth-order valence-electron chi connectivity index (χ4n) is 6.67. The largest absolute Gasteiger partial charge is 0.500 e. The monoisotopic (exact) mass is 891 g/mol. The van der Waals surface area contributed by atoms with Crippen molar-refractivity contribution in [2.75, 3.05) is 0 Å². The van der Waals surface area contributed by atoms with Gasteiger partial charge < -0.3 is 14.4 Å². The average Bonchev–Trinajstić information content (AvgIpc) is 3.51. The van der Waals surface area contributed by atoms with Gasteiger partial charge in [-0.15, -0.1) is 48.0 Å². The van der Waals surface area contributed by atoms with Gasteiger partial charge in [0, 0.05) is 49.3 Å². The van der Waals surface area contributed by atoms with E-state index in [0.29, 0.717) is 5.56 Å². The van der Waals surface area contributed by atoms with E-state index >= 15 is 0 Å². The van der Waals surface area contributed by atoms with Gasteiger partial charge in [0.1, 0.15) is 5.58 Å². The SMILES string of the molecule is C[Si](C)(C)c1ccc(-c2[c-]ccc(F)c2)nc1.Cc1cnc(-c2[c-]ccc3c2oc2c(-c4cccc5ccccc45)cccc23)cc1CC(C)(C)C.[Ir]. The third-order valence-electron chi connectivity index (χ3n) is 9.40. The van der Waals surface area contributed by atoms with Crippen LogP contribution in [0.4, 0.5) is 4.39 Å². The Bertz CT molecular complexity index is 2540. The summed E-state index contributed by atoms with van der Waals surface area (Å²) in [5, 5.41) is 5.96. The van der Waals surface area contributed by atoms with Crippen molar-refractivity contribution >= 4 is 46.0 Å². The molecular weight excluding hydrogens is 848 g/mol.